The summed E-state index contributed by atoms with van der Waals surface area (Å²) in [6, 6.07) is 9.62. The van der Waals surface area contributed by atoms with E-state index in [4.69, 9.17) is 0 Å². The first kappa shape index (κ1) is 14.1. The molecule has 1 N–H and O–H groups in total. The van der Waals surface area contributed by atoms with Gasteiger partial charge in [0.1, 0.15) is 0 Å². The second-order valence-electron chi connectivity index (χ2n) is 7.10. The Morgan fingerprint density at radius 1 is 0.900 bits per heavy atom. The Hall–Kier alpha value is -0.820. The summed E-state index contributed by atoms with van der Waals surface area (Å²) < 4.78 is 0. The smallest absolute Gasteiger partial charge is 0.00462 e. The molecule has 2 fully saturated rings. The lowest BCUT2D eigenvalue weighted by Crippen LogP contribution is -2.28. The molecule has 110 valence electrons. The molecule has 0 unspecified atom stereocenters. The molecule has 1 heterocycles. The standard InChI is InChI=1S/C19H29N/c1-15-2-6-18(7-3-15)19-8-4-16(5-9-19)14-17-10-12-20-13-11-17/h4-5,8-9,15,17-18,20H,2-3,6-7,10-14H2,1H3. The molecule has 1 saturated heterocycles. The van der Waals surface area contributed by atoms with Crippen LogP contribution in [0.1, 0.15) is 62.5 Å². The highest BCUT2D eigenvalue weighted by molar-refractivity contribution is 5.26. The van der Waals surface area contributed by atoms with Crippen LogP contribution in [-0.2, 0) is 6.42 Å². The fourth-order valence-electron chi connectivity index (χ4n) is 3.94. The van der Waals surface area contributed by atoms with Crippen molar-refractivity contribution in [3.8, 4) is 0 Å². The van der Waals surface area contributed by atoms with E-state index in [-0.39, 0.29) is 0 Å². The third kappa shape index (κ3) is 3.63. The quantitative estimate of drug-likeness (QED) is 0.852. The van der Waals surface area contributed by atoms with Crippen molar-refractivity contribution in [3.05, 3.63) is 35.4 Å². The van der Waals surface area contributed by atoms with E-state index in [9.17, 15) is 0 Å². The van der Waals surface area contributed by atoms with Crippen LogP contribution >= 0.6 is 0 Å². The van der Waals surface area contributed by atoms with Gasteiger partial charge in [0, 0.05) is 0 Å². The first-order valence-electron chi connectivity index (χ1n) is 8.61. The maximum atomic E-state index is 3.46. The number of rotatable bonds is 3. The van der Waals surface area contributed by atoms with Crippen molar-refractivity contribution < 1.29 is 0 Å². The summed E-state index contributed by atoms with van der Waals surface area (Å²) in [4.78, 5) is 0. The van der Waals surface area contributed by atoms with Crippen molar-refractivity contribution >= 4 is 0 Å². The van der Waals surface area contributed by atoms with E-state index in [0.29, 0.717) is 0 Å². The van der Waals surface area contributed by atoms with Gasteiger partial charge in [-0.05, 0) is 74.1 Å². The second kappa shape index (κ2) is 6.76. The lowest BCUT2D eigenvalue weighted by Gasteiger charge is -2.27. The number of nitrogens with one attached hydrogen (secondary N) is 1. The molecule has 1 aliphatic heterocycles. The van der Waals surface area contributed by atoms with Crippen LogP contribution in [0.25, 0.3) is 0 Å². The van der Waals surface area contributed by atoms with E-state index >= 15 is 0 Å². The lowest BCUT2D eigenvalue weighted by molar-refractivity contribution is 0.348. The van der Waals surface area contributed by atoms with Gasteiger partial charge in [0.05, 0.1) is 0 Å². The van der Waals surface area contributed by atoms with Crippen molar-refractivity contribution in [1.82, 2.24) is 5.32 Å². The topological polar surface area (TPSA) is 12.0 Å². The predicted molar refractivity (Wildman–Crippen MR) is 86.1 cm³/mol. The average Bonchev–Trinajstić information content (AvgIpc) is 2.50. The van der Waals surface area contributed by atoms with Crippen molar-refractivity contribution in [2.24, 2.45) is 11.8 Å². The van der Waals surface area contributed by atoms with Gasteiger partial charge in [0.15, 0.2) is 0 Å². The monoisotopic (exact) mass is 271 g/mol. The van der Waals surface area contributed by atoms with E-state index < -0.39 is 0 Å². The van der Waals surface area contributed by atoms with E-state index in [1.54, 1.807) is 11.1 Å². The summed E-state index contributed by atoms with van der Waals surface area (Å²) in [6.45, 7) is 4.82. The molecule has 1 saturated carbocycles. The fourth-order valence-corrected chi connectivity index (χ4v) is 3.94. The minimum absolute atomic E-state index is 0.833. The van der Waals surface area contributed by atoms with Crippen molar-refractivity contribution in [1.29, 1.82) is 0 Å². The minimum Gasteiger partial charge on any atom is -0.317 e. The maximum absolute atomic E-state index is 3.46. The SMILES string of the molecule is CC1CCC(c2ccc(CC3CCNCC3)cc2)CC1. The molecule has 0 amide bonds. The predicted octanol–water partition coefficient (Wildman–Crippen LogP) is 4.52. The number of hydrogen-bond donors (Lipinski definition) is 1. The molecule has 3 rings (SSSR count). The average molecular weight is 271 g/mol. The summed E-state index contributed by atoms with van der Waals surface area (Å²) in [5, 5.41) is 3.46. The van der Waals surface area contributed by atoms with Crippen LogP contribution in [0.2, 0.25) is 0 Å². The lowest BCUT2D eigenvalue weighted by atomic mass is 9.79. The molecule has 0 radical (unpaired) electrons. The zero-order valence-electron chi connectivity index (χ0n) is 12.9. The molecule has 1 aromatic rings. The third-order valence-electron chi connectivity index (χ3n) is 5.45. The van der Waals surface area contributed by atoms with E-state index in [2.05, 4.69) is 36.5 Å². The van der Waals surface area contributed by atoms with Crippen LogP contribution in [-0.4, -0.2) is 13.1 Å². The van der Waals surface area contributed by atoms with Crippen LogP contribution in [0.4, 0.5) is 0 Å². The normalized spacial score (nSPS) is 28.4. The highest BCUT2D eigenvalue weighted by Crippen LogP contribution is 2.35. The first-order valence-corrected chi connectivity index (χ1v) is 8.61. The maximum Gasteiger partial charge on any atom is -0.00462 e. The molecule has 1 aromatic carbocycles. The van der Waals surface area contributed by atoms with Gasteiger partial charge in [-0.2, -0.15) is 0 Å². The van der Waals surface area contributed by atoms with Crippen LogP contribution < -0.4 is 5.32 Å². The summed E-state index contributed by atoms with van der Waals surface area (Å²) in [7, 11) is 0. The third-order valence-corrected chi connectivity index (χ3v) is 5.45. The second-order valence-corrected chi connectivity index (χ2v) is 7.10. The Balaban J connectivity index is 1.56. The molecule has 1 heteroatoms. The molecular formula is C19H29N. The van der Waals surface area contributed by atoms with E-state index in [0.717, 1.165) is 17.8 Å². The van der Waals surface area contributed by atoms with Crippen molar-refractivity contribution in [3.63, 3.8) is 0 Å². The van der Waals surface area contributed by atoms with Crippen LogP contribution in [0.5, 0.6) is 0 Å². The summed E-state index contributed by atoms with van der Waals surface area (Å²) in [5.41, 5.74) is 3.13. The molecule has 2 aliphatic rings. The van der Waals surface area contributed by atoms with Gasteiger partial charge in [0.2, 0.25) is 0 Å². The zero-order chi connectivity index (χ0) is 13.8. The van der Waals surface area contributed by atoms with Crippen LogP contribution in [0.3, 0.4) is 0 Å². The van der Waals surface area contributed by atoms with Gasteiger partial charge in [0.25, 0.3) is 0 Å². The molecule has 1 aliphatic carbocycles. The molecule has 20 heavy (non-hydrogen) atoms. The highest BCUT2D eigenvalue weighted by atomic mass is 14.9. The molecule has 0 aromatic heterocycles. The zero-order valence-corrected chi connectivity index (χ0v) is 12.9. The molecular weight excluding hydrogens is 242 g/mol. The Bertz CT molecular complexity index is 394. The van der Waals surface area contributed by atoms with Gasteiger partial charge in [-0.1, -0.05) is 44.0 Å². The largest absolute Gasteiger partial charge is 0.317 e. The highest BCUT2D eigenvalue weighted by Gasteiger charge is 2.19. The minimum atomic E-state index is 0.833. The molecule has 0 bridgehead atoms. The van der Waals surface area contributed by atoms with Crippen molar-refractivity contribution in [2.45, 2.75) is 57.8 Å². The molecule has 1 nitrogen and oxygen atoms in total. The summed E-state index contributed by atoms with van der Waals surface area (Å²) in [6.07, 6.45) is 9.61. The fraction of sp³-hybridized carbons (Fsp3) is 0.684. The van der Waals surface area contributed by atoms with Gasteiger partial charge in [-0.3, -0.25) is 0 Å². The van der Waals surface area contributed by atoms with Gasteiger partial charge in [-0.15, -0.1) is 0 Å². The number of benzene rings is 1. The number of piperidine rings is 1. The Morgan fingerprint density at radius 2 is 1.55 bits per heavy atom. The van der Waals surface area contributed by atoms with Crippen molar-refractivity contribution in [2.75, 3.05) is 13.1 Å². The Labute approximate surface area is 124 Å². The molecule has 0 spiro atoms. The van der Waals surface area contributed by atoms with E-state index in [1.807, 2.05) is 0 Å². The Morgan fingerprint density at radius 3 is 2.20 bits per heavy atom. The van der Waals surface area contributed by atoms with Crippen LogP contribution in [0.15, 0.2) is 24.3 Å². The van der Waals surface area contributed by atoms with Gasteiger partial charge in [-0.25, -0.2) is 0 Å². The first-order chi connectivity index (χ1) is 9.81. The molecule has 0 atom stereocenters. The van der Waals surface area contributed by atoms with Crippen LogP contribution in [0, 0.1) is 11.8 Å². The summed E-state index contributed by atoms with van der Waals surface area (Å²) in [5.74, 6) is 2.68. The summed E-state index contributed by atoms with van der Waals surface area (Å²) >= 11 is 0. The number of hydrogen-bond acceptors (Lipinski definition) is 1. The van der Waals surface area contributed by atoms with Gasteiger partial charge >= 0.3 is 0 Å². The van der Waals surface area contributed by atoms with E-state index in [1.165, 1.54) is 58.0 Å². The van der Waals surface area contributed by atoms with Gasteiger partial charge < -0.3 is 5.32 Å². The Kier molecular flexibility index (Phi) is 4.77.